The molecule has 5 rings (SSSR count). The van der Waals surface area contributed by atoms with Crippen molar-refractivity contribution >= 4 is 34.1 Å². The van der Waals surface area contributed by atoms with Crippen molar-refractivity contribution in [2.75, 3.05) is 9.80 Å². The van der Waals surface area contributed by atoms with E-state index in [2.05, 4.69) is 96.4 Å². The van der Waals surface area contributed by atoms with Crippen LogP contribution in [0.2, 0.25) is 0 Å². The van der Waals surface area contributed by atoms with E-state index in [4.69, 9.17) is 0 Å². The number of hydrogen-bond donors (Lipinski definition) is 2. The van der Waals surface area contributed by atoms with Crippen LogP contribution in [0, 0.1) is 13.8 Å². The highest BCUT2D eigenvalue weighted by Crippen LogP contribution is 2.39. The highest BCUT2D eigenvalue weighted by Gasteiger charge is 2.16. The molecule has 0 aromatic heterocycles. The molecule has 0 heterocycles. The average molecular weight is 473 g/mol. The van der Waals surface area contributed by atoms with E-state index in [1.54, 1.807) is 24.3 Å². The third-order valence-electron chi connectivity index (χ3n) is 6.17. The van der Waals surface area contributed by atoms with Crippen LogP contribution in [-0.4, -0.2) is 10.2 Å². The zero-order valence-corrected chi connectivity index (χ0v) is 20.3. The van der Waals surface area contributed by atoms with Crippen LogP contribution in [0.5, 0.6) is 11.5 Å². The summed E-state index contributed by atoms with van der Waals surface area (Å²) < 4.78 is 0. The first-order valence-corrected chi connectivity index (χ1v) is 11.9. The number of hydrogen-bond acceptors (Lipinski definition) is 4. The van der Waals surface area contributed by atoms with Crippen molar-refractivity contribution < 1.29 is 10.2 Å². The standard InChI is InChI=1S/C32H28N2O2/c1-23-3-7-25(8-4-23)33(29-15-19-31(35)20-16-29)27-11-13-28(14-12-27)34(26-9-5-24(2)6-10-26)30-17-21-32(36)22-18-30/h3-22,35-36H,1-2H3. The molecule has 0 radical (unpaired) electrons. The normalized spacial score (nSPS) is 10.7. The maximum Gasteiger partial charge on any atom is 0.115 e. The fourth-order valence-corrected chi connectivity index (χ4v) is 4.24. The lowest BCUT2D eigenvalue weighted by Crippen LogP contribution is -2.12. The van der Waals surface area contributed by atoms with Crippen LogP contribution in [0.15, 0.2) is 121 Å². The molecule has 5 aromatic rings. The van der Waals surface area contributed by atoms with Gasteiger partial charge in [-0.15, -0.1) is 0 Å². The highest BCUT2D eigenvalue weighted by molar-refractivity contribution is 5.81. The third kappa shape index (κ3) is 4.89. The van der Waals surface area contributed by atoms with E-state index in [0.29, 0.717) is 0 Å². The van der Waals surface area contributed by atoms with Crippen LogP contribution in [0.3, 0.4) is 0 Å². The molecule has 0 aliphatic rings. The van der Waals surface area contributed by atoms with Crippen molar-refractivity contribution in [3.8, 4) is 11.5 Å². The zero-order valence-electron chi connectivity index (χ0n) is 20.3. The van der Waals surface area contributed by atoms with Crippen molar-refractivity contribution in [1.82, 2.24) is 0 Å². The number of rotatable bonds is 6. The average Bonchev–Trinajstić information content (AvgIpc) is 2.90. The van der Waals surface area contributed by atoms with E-state index in [0.717, 1.165) is 34.1 Å². The molecule has 4 heteroatoms. The molecular formula is C32H28N2O2. The Morgan fingerprint density at radius 1 is 0.333 bits per heavy atom. The van der Waals surface area contributed by atoms with Gasteiger partial charge in [0.15, 0.2) is 0 Å². The fourth-order valence-electron chi connectivity index (χ4n) is 4.24. The van der Waals surface area contributed by atoms with E-state index in [9.17, 15) is 10.2 Å². The summed E-state index contributed by atoms with van der Waals surface area (Å²) in [6.07, 6.45) is 0. The van der Waals surface area contributed by atoms with Crippen LogP contribution >= 0.6 is 0 Å². The summed E-state index contributed by atoms with van der Waals surface area (Å²) in [5.74, 6) is 0.473. The minimum Gasteiger partial charge on any atom is -0.508 e. The lowest BCUT2D eigenvalue weighted by Gasteiger charge is -2.28. The molecule has 4 nitrogen and oxygen atoms in total. The molecule has 0 aliphatic carbocycles. The molecular weight excluding hydrogens is 444 g/mol. The first-order chi connectivity index (χ1) is 17.5. The smallest absolute Gasteiger partial charge is 0.115 e. The van der Waals surface area contributed by atoms with Gasteiger partial charge in [-0.1, -0.05) is 35.4 Å². The highest BCUT2D eigenvalue weighted by atomic mass is 16.3. The molecule has 0 amide bonds. The van der Waals surface area contributed by atoms with E-state index in [1.165, 1.54) is 11.1 Å². The molecule has 0 atom stereocenters. The summed E-state index contributed by atoms with van der Waals surface area (Å²) in [7, 11) is 0. The Labute approximate surface area is 211 Å². The molecule has 36 heavy (non-hydrogen) atoms. The van der Waals surface area contributed by atoms with Gasteiger partial charge in [-0.25, -0.2) is 0 Å². The quantitative estimate of drug-likeness (QED) is 0.260. The fraction of sp³-hybridized carbons (Fsp3) is 0.0625. The number of anilines is 6. The van der Waals surface area contributed by atoms with Gasteiger partial charge in [-0.2, -0.15) is 0 Å². The van der Waals surface area contributed by atoms with Crippen LogP contribution in [0.4, 0.5) is 34.1 Å². The molecule has 0 aliphatic heterocycles. The maximum atomic E-state index is 9.82. The SMILES string of the molecule is Cc1ccc(N(c2ccc(O)cc2)c2ccc(N(c3ccc(C)cc3)c3ccc(O)cc3)cc2)cc1. The van der Waals surface area contributed by atoms with Crippen LogP contribution in [0.25, 0.3) is 0 Å². The summed E-state index contributed by atoms with van der Waals surface area (Å²) in [5.41, 5.74) is 8.38. The Kier molecular flexibility index (Phi) is 6.33. The second-order valence-electron chi connectivity index (χ2n) is 8.89. The van der Waals surface area contributed by atoms with E-state index < -0.39 is 0 Å². The van der Waals surface area contributed by atoms with Crippen molar-refractivity contribution in [2.24, 2.45) is 0 Å². The summed E-state index contributed by atoms with van der Waals surface area (Å²) in [6, 6.07) is 39.7. The lowest BCUT2D eigenvalue weighted by atomic mass is 10.1. The Morgan fingerprint density at radius 3 is 0.778 bits per heavy atom. The first kappa shape index (κ1) is 23.1. The summed E-state index contributed by atoms with van der Waals surface area (Å²) in [5, 5.41) is 19.6. The Morgan fingerprint density at radius 2 is 0.528 bits per heavy atom. The molecule has 178 valence electrons. The number of nitrogens with zero attached hydrogens (tertiary/aromatic N) is 2. The molecule has 0 fully saturated rings. The largest absolute Gasteiger partial charge is 0.508 e. The summed E-state index contributed by atoms with van der Waals surface area (Å²) in [6.45, 7) is 4.15. The van der Waals surface area contributed by atoms with Crippen LogP contribution < -0.4 is 9.80 Å². The van der Waals surface area contributed by atoms with Crippen molar-refractivity contribution in [2.45, 2.75) is 13.8 Å². The molecule has 0 spiro atoms. The Balaban J connectivity index is 1.57. The first-order valence-electron chi connectivity index (χ1n) is 11.9. The van der Waals surface area contributed by atoms with Gasteiger partial charge in [0.2, 0.25) is 0 Å². The Hall–Kier alpha value is -4.70. The van der Waals surface area contributed by atoms with Crippen molar-refractivity contribution in [3.05, 3.63) is 132 Å². The number of phenols is 2. The summed E-state index contributed by atoms with van der Waals surface area (Å²) in [4.78, 5) is 4.33. The summed E-state index contributed by atoms with van der Waals surface area (Å²) >= 11 is 0. The molecule has 0 saturated carbocycles. The van der Waals surface area contributed by atoms with Gasteiger partial charge >= 0.3 is 0 Å². The predicted octanol–water partition coefficient (Wildman–Crippen LogP) is 8.65. The van der Waals surface area contributed by atoms with Gasteiger partial charge in [-0.3, -0.25) is 0 Å². The minimum absolute atomic E-state index is 0.237. The molecule has 0 saturated heterocycles. The third-order valence-corrected chi connectivity index (χ3v) is 6.17. The van der Waals surface area contributed by atoms with Gasteiger partial charge in [-0.05, 0) is 111 Å². The monoisotopic (exact) mass is 472 g/mol. The molecule has 2 N–H and O–H groups in total. The lowest BCUT2D eigenvalue weighted by molar-refractivity contribution is 0.475. The van der Waals surface area contributed by atoms with Gasteiger partial charge in [0, 0.05) is 34.1 Å². The minimum atomic E-state index is 0.237. The number of aromatic hydroxyl groups is 2. The van der Waals surface area contributed by atoms with E-state index in [1.807, 2.05) is 24.3 Å². The van der Waals surface area contributed by atoms with Gasteiger partial charge in [0.1, 0.15) is 11.5 Å². The predicted molar refractivity (Wildman–Crippen MR) is 149 cm³/mol. The maximum absolute atomic E-state index is 9.82. The van der Waals surface area contributed by atoms with E-state index >= 15 is 0 Å². The van der Waals surface area contributed by atoms with Gasteiger partial charge in [0.05, 0.1) is 0 Å². The van der Waals surface area contributed by atoms with Gasteiger partial charge < -0.3 is 20.0 Å². The van der Waals surface area contributed by atoms with E-state index in [-0.39, 0.29) is 11.5 Å². The van der Waals surface area contributed by atoms with Crippen LogP contribution in [0.1, 0.15) is 11.1 Å². The number of benzene rings is 5. The molecule has 5 aromatic carbocycles. The molecule has 0 bridgehead atoms. The number of phenolic OH excluding ortho intramolecular Hbond substituents is 2. The van der Waals surface area contributed by atoms with Crippen LogP contribution in [-0.2, 0) is 0 Å². The topological polar surface area (TPSA) is 46.9 Å². The van der Waals surface area contributed by atoms with Gasteiger partial charge in [0.25, 0.3) is 0 Å². The second kappa shape index (κ2) is 9.88. The second-order valence-corrected chi connectivity index (χ2v) is 8.89. The number of aryl methyl sites for hydroxylation is 2. The van der Waals surface area contributed by atoms with Crippen molar-refractivity contribution in [3.63, 3.8) is 0 Å². The zero-order chi connectivity index (χ0) is 25.1. The Bertz CT molecular complexity index is 1220. The molecule has 0 unspecified atom stereocenters. The van der Waals surface area contributed by atoms with Crippen molar-refractivity contribution in [1.29, 1.82) is 0 Å².